The second-order valence-electron chi connectivity index (χ2n) is 4.73. The molecule has 5 heteroatoms. The average Bonchev–Trinajstić information content (AvgIpc) is 2.88. The highest BCUT2D eigenvalue weighted by Gasteiger charge is 2.25. The Kier molecular flexibility index (Phi) is 2.98. The minimum absolute atomic E-state index is 0.0164. The maximum absolute atomic E-state index is 7.49. The zero-order valence-electron chi connectivity index (χ0n) is 10.8. The van der Waals surface area contributed by atoms with Crippen molar-refractivity contribution < 1.29 is 0 Å². The van der Waals surface area contributed by atoms with Gasteiger partial charge in [0.2, 0.25) is 0 Å². The predicted octanol–water partition coefficient (Wildman–Crippen LogP) is 2.55. The molecule has 0 amide bonds. The van der Waals surface area contributed by atoms with Crippen LogP contribution < -0.4 is 10.6 Å². The summed E-state index contributed by atoms with van der Waals surface area (Å²) in [5, 5.41) is 9.65. The fourth-order valence-corrected chi connectivity index (χ4v) is 3.57. The van der Waals surface area contributed by atoms with Gasteiger partial charge in [-0.3, -0.25) is 10.4 Å². The number of nitrogen functional groups attached to an aromatic ring is 1. The first-order valence-electron chi connectivity index (χ1n) is 6.30. The lowest BCUT2D eigenvalue weighted by Gasteiger charge is -2.35. The lowest BCUT2D eigenvalue weighted by atomic mass is 10.0. The van der Waals surface area contributed by atoms with Crippen LogP contribution in [0.25, 0.3) is 0 Å². The van der Waals surface area contributed by atoms with E-state index in [0.29, 0.717) is 11.7 Å². The molecule has 0 aromatic carbocycles. The molecule has 0 saturated carbocycles. The van der Waals surface area contributed by atoms with Crippen molar-refractivity contribution in [3.05, 3.63) is 45.9 Å². The molecule has 0 fully saturated rings. The fraction of sp³-hybridized carbons (Fsp3) is 0.286. The molecule has 2 aromatic heterocycles. The Morgan fingerprint density at radius 3 is 3.16 bits per heavy atom. The molecule has 0 radical (unpaired) electrons. The van der Waals surface area contributed by atoms with E-state index in [1.165, 1.54) is 10.4 Å². The smallest absolute Gasteiger partial charge is 0.141 e. The van der Waals surface area contributed by atoms with Crippen LogP contribution in [0.4, 0.5) is 5.69 Å². The van der Waals surface area contributed by atoms with Crippen molar-refractivity contribution in [1.82, 2.24) is 4.98 Å². The van der Waals surface area contributed by atoms with Crippen LogP contribution >= 0.6 is 11.3 Å². The first-order chi connectivity index (χ1) is 9.16. The third-order valence-corrected chi connectivity index (χ3v) is 4.62. The number of aromatic nitrogens is 1. The molecular formula is C14H16N4S. The van der Waals surface area contributed by atoms with Crippen LogP contribution in [0.15, 0.2) is 29.8 Å². The standard InChI is InChI=1S/C14H16N4S/c1-9-11-4-7-19-13(11)3-6-18(9)10-2-5-17-12(8-10)14(15)16/h2,4-5,7-9H,3,6H2,1H3,(H3,15,16). The first kappa shape index (κ1) is 12.2. The van der Waals surface area contributed by atoms with Crippen LogP contribution in [-0.2, 0) is 6.42 Å². The van der Waals surface area contributed by atoms with Crippen LogP contribution in [0, 0.1) is 5.41 Å². The maximum atomic E-state index is 7.49. The second kappa shape index (κ2) is 4.66. The molecule has 0 saturated heterocycles. The molecule has 3 rings (SSSR count). The number of anilines is 1. The Morgan fingerprint density at radius 2 is 2.37 bits per heavy atom. The molecule has 1 atom stereocenters. The molecule has 1 aliphatic rings. The molecule has 19 heavy (non-hydrogen) atoms. The van der Waals surface area contributed by atoms with Crippen molar-refractivity contribution in [2.75, 3.05) is 11.4 Å². The van der Waals surface area contributed by atoms with Gasteiger partial charge in [0.1, 0.15) is 11.5 Å². The normalized spacial score (nSPS) is 18.2. The molecule has 4 nitrogen and oxygen atoms in total. The summed E-state index contributed by atoms with van der Waals surface area (Å²) in [4.78, 5) is 7.96. The molecule has 3 N–H and O–H groups in total. The number of thiophene rings is 1. The van der Waals surface area contributed by atoms with Crippen LogP contribution in [0.5, 0.6) is 0 Å². The van der Waals surface area contributed by atoms with E-state index < -0.39 is 0 Å². The topological polar surface area (TPSA) is 66.0 Å². The molecule has 0 aliphatic carbocycles. The summed E-state index contributed by atoms with van der Waals surface area (Å²) in [7, 11) is 0. The number of nitrogens with zero attached hydrogens (tertiary/aromatic N) is 2. The third-order valence-electron chi connectivity index (χ3n) is 3.63. The van der Waals surface area contributed by atoms with Gasteiger partial charge < -0.3 is 10.6 Å². The number of fused-ring (bicyclic) bond motifs is 1. The van der Waals surface area contributed by atoms with E-state index >= 15 is 0 Å². The average molecular weight is 272 g/mol. The number of nitrogens with two attached hydrogens (primary N) is 1. The summed E-state index contributed by atoms with van der Waals surface area (Å²) < 4.78 is 0. The quantitative estimate of drug-likeness (QED) is 0.652. The lowest BCUT2D eigenvalue weighted by molar-refractivity contribution is 0.632. The Labute approximate surface area is 116 Å². The summed E-state index contributed by atoms with van der Waals surface area (Å²) in [5.74, 6) is 0.0164. The van der Waals surface area contributed by atoms with E-state index in [1.54, 1.807) is 6.20 Å². The van der Waals surface area contributed by atoms with E-state index in [9.17, 15) is 0 Å². The lowest BCUT2D eigenvalue weighted by Crippen LogP contribution is -2.33. The Morgan fingerprint density at radius 1 is 1.53 bits per heavy atom. The van der Waals surface area contributed by atoms with Gasteiger partial charge >= 0.3 is 0 Å². The van der Waals surface area contributed by atoms with Crippen molar-refractivity contribution in [1.29, 1.82) is 5.41 Å². The summed E-state index contributed by atoms with van der Waals surface area (Å²) in [6, 6.07) is 6.46. The van der Waals surface area contributed by atoms with Crippen molar-refractivity contribution in [2.45, 2.75) is 19.4 Å². The number of hydrogen-bond donors (Lipinski definition) is 2. The van der Waals surface area contributed by atoms with Crippen molar-refractivity contribution in [2.24, 2.45) is 5.73 Å². The molecule has 2 aromatic rings. The summed E-state index contributed by atoms with van der Waals surface area (Å²) >= 11 is 1.84. The summed E-state index contributed by atoms with van der Waals surface area (Å²) in [5.41, 5.74) is 8.56. The van der Waals surface area contributed by atoms with Crippen molar-refractivity contribution in [3.63, 3.8) is 0 Å². The molecule has 98 valence electrons. The zero-order chi connectivity index (χ0) is 13.4. The van der Waals surface area contributed by atoms with Crippen molar-refractivity contribution >= 4 is 22.9 Å². The van der Waals surface area contributed by atoms with Gasteiger partial charge in [0.25, 0.3) is 0 Å². The van der Waals surface area contributed by atoms with Gasteiger partial charge in [-0.15, -0.1) is 11.3 Å². The van der Waals surface area contributed by atoms with Crippen LogP contribution in [0.2, 0.25) is 0 Å². The second-order valence-corrected chi connectivity index (χ2v) is 5.73. The minimum atomic E-state index is 0.0164. The van der Waals surface area contributed by atoms with E-state index in [-0.39, 0.29) is 5.84 Å². The predicted molar refractivity (Wildman–Crippen MR) is 79.0 cm³/mol. The van der Waals surface area contributed by atoms with Gasteiger partial charge in [0.15, 0.2) is 0 Å². The number of rotatable bonds is 2. The van der Waals surface area contributed by atoms with Gasteiger partial charge in [-0.2, -0.15) is 0 Å². The molecular weight excluding hydrogens is 256 g/mol. The first-order valence-corrected chi connectivity index (χ1v) is 7.18. The van der Waals surface area contributed by atoms with Gasteiger partial charge in [-0.1, -0.05) is 0 Å². The zero-order valence-corrected chi connectivity index (χ0v) is 11.6. The van der Waals surface area contributed by atoms with Crippen molar-refractivity contribution in [3.8, 4) is 0 Å². The summed E-state index contributed by atoms with van der Waals surface area (Å²) in [6.07, 6.45) is 2.80. The molecule has 1 unspecified atom stereocenters. The Bertz CT molecular complexity index is 619. The van der Waals surface area contributed by atoms with Crippen LogP contribution in [0.1, 0.15) is 29.1 Å². The minimum Gasteiger partial charge on any atom is -0.382 e. The highest BCUT2D eigenvalue weighted by molar-refractivity contribution is 7.10. The van der Waals surface area contributed by atoms with Gasteiger partial charge in [0.05, 0.1) is 6.04 Å². The maximum Gasteiger partial charge on any atom is 0.141 e. The number of nitrogens with one attached hydrogen (secondary N) is 1. The number of hydrogen-bond acceptors (Lipinski definition) is 4. The van der Waals surface area contributed by atoms with Crippen LogP contribution in [-0.4, -0.2) is 17.4 Å². The highest BCUT2D eigenvalue weighted by Crippen LogP contribution is 2.35. The van der Waals surface area contributed by atoms with E-state index in [2.05, 4.69) is 28.3 Å². The SMILES string of the molecule is CC1c2ccsc2CCN1c1ccnc(C(=N)N)c1. The van der Waals surface area contributed by atoms with Gasteiger partial charge in [-0.25, -0.2) is 0 Å². The van der Waals surface area contributed by atoms with Gasteiger partial charge in [-0.05, 0) is 42.5 Å². The van der Waals surface area contributed by atoms with Crippen LogP contribution in [0.3, 0.4) is 0 Å². The van der Waals surface area contributed by atoms with E-state index in [0.717, 1.165) is 18.7 Å². The molecule has 0 spiro atoms. The largest absolute Gasteiger partial charge is 0.382 e. The van der Waals surface area contributed by atoms with Gasteiger partial charge in [0, 0.05) is 23.3 Å². The molecule has 1 aliphatic heterocycles. The third kappa shape index (κ3) is 2.10. The Balaban J connectivity index is 1.95. The Hall–Kier alpha value is -1.88. The van der Waals surface area contributed by atoms with E-state index in [4.69, 9.17) is 11.1 Å². The monoisotopic (exact) mass is 272 g/mol. The highest BCUT2D eigenvalue weighted by atomic mass is 32.1. The summed E-state index contributed by atoms with van der Waals surface area (Å²) in [6.45, 7) is 3.22. The molecule has 3 heterocycles. The van der Waals surface area contributed by atoms with E-state index in [1.807, 2.05) is 23.5 Å². The number of pyridine rings is 1. The fourth-order valence-electron chi connectivity index (χ4n) is 2.61. The number of amidine groups is 1. The molecule has 0 bridgehead atoms.